The van der Waals surface area contributed by atoms with Crippen LogP contribution in [-0.4, -0.2) is 200 Å². The summed E-state index contributed by atoms with van der Waals surface area (Å²) in [7, 11) is 5.27. The highest BCUT2D eigenvalue weighted by molar-refractivity contribution is 7.22. The molecule has 7 aromatic rings. The Kier molecular flexibility index (Phi) is 27.0. The molecule has 1 aliphatic rings. The Morgan fingerprint density at radius 1 is 0.682 bits per heavy atom. The van der Waals surface area contributed by atoms with E-state index in [4.69, 9.17) is 85.0 Å². The van der Waals surface area contributed by atoms with Crippen LogP contribution in [0.4, 0.5) is 4.39 Å². The number of carboxylic acid groups (broad SMARTS) is 1. The molecule has 0 saturated carbocycles. The number of rotatable bonds is 38. The number of aliphatic carboxylic acids is 1. The Hall–Kier alpha value is -6.38. The Labute approximate surface area is 526 Å². The molecule has 2 atom stereocenters. The lowest BCUT2D eigenvalue weighted by Gasteiger charge is -2.34. The first-order valence-corrected chi connectivity index (χ1v) is 30.7. The molecular formula is C64H77Cl2FN6O14S. The largest absolute Gasteiger partial charge is 0.497 e. The van der Waals surface area contributed by atoms with Crippen LogP contribution in [-0.2, 0) is 51.0 Å². The molecule has 20 nitrogen and oxygen atoms in total. The third-order valence-corrected chi connectivity index (χ3v) is 16.3. The summed E-state index contributed by atoms with van der Waals surface area (Å²) in [6.07, 6.45) is 1.06. The topological polar surface area (TPSA) is 206 Å². The van der Waals surface area contributed by atoms with Gasteiger partial charge in [0.05, 0.1) is 114 Å². The molecule has 88 heavy (non-hydrogen) atoms. The fourth-order valence-corrected chi connectivity index (χ4v) is 11.3. The molecule has 1 saturated heterocycles. The van der Waals surface area contributed by atoms with Gasteiger partial charge in [0.1, 0.15) is 53.5 Å². The van der Waals surface area contributed by atoms with Gasteiger partial charge in [0.15, 0.2) is 11.6 Å². The van der Waals surface area contributed by atoms with Gasteiger partial charge in [0.25, 0.3) is 0 Å². The summed E-state index contributed by atoms with van der Waals surface area (Å²) in [5, 5.41) is 12.0. The number of nitrogens with zero attached hydrogens (tertiary/aromatic N) is 6. The van der Waals surface area contributed by atoms with Crippen molar-refractivity contribution in [3.63, 3.8) is 0 Å². The quantitative estimate of drug-likeness (QED) is 0.0357. The van der Waals surface area contributed by atoms with Crippen molar-refractivity contribution in [2.45, 2.75) is 46.0 Å². The van der Waals surface area contributed by atoms with E-state index in [1.165, 1.54) is 36.9 Å². The van der Waals surface area contributed by atoms with Gasteiger partial charge in [0, 0.05) is 74.0 Å². The Morgan fingerprint density at radius 2 is 1.26 bits per heavy atom. The minimum atomic E-state index is -1.50. The van der Waals surface area contributed by atoms with Crippen molar-refractivity contribution < 1.29 is 71.1 Å². The summed E-state index contributed by atoms with van der Waals surface area (Å²) < 4.78 is 83.4. The normalized spacial score (nSPS) is 13.6. The smallest absolute Gasteiger partial charge is 0.345 e. The van der Waals surface area contributed by atoms with E-state index >= 15 is 0 Å². The Morgan fingerprint density at radius 3 is 1.85 bits per heavy atom. The first-order chi connectivity index (χ1) is 42.8. The molecule has 1 N–H and O–H groups in total. The van der Waals surface area contributed by atoms with Crippen molar-refractivity contribution in [2.75, 3.05) is 146 Å². The molecule has 4 heterocycles. The molecule has 24 heteroatoms. The number of ether oxygens (including phenoxy) is 12. The van der Waals surface area contributed by atoms with Crippen molar-refractivity contribution >= 4 is 50.7 Å². The average molecular weight is 1280 g/mol. The molecule has 8 rings (SSSR count). The fraction of sp³-hybridized carbons (Fsp3) is 0.453. The van der Waals surface area contributed by atoms with Crippen LogP contribution in [0.2, 0.25) is 10.0 Å². The van der Waals surface area contributed by atoms with Crippen molar-refractivity contribution in [1.82, 2.24) is 29.7 Å². The van der Waals surface area contributed by atoms with Crippen LogP contribution in [0.1, 0.15) is 29.3 Å². The Balaban J connectivity index is 0.870. The molecule has 0 radical (unpaired) electrons. The number of aromatic nitrogens is 4. The van der Waals surface area contributed by atoms with Crippen molar-refractivity contribution in [2.24, 2.45) is 0 Å². The standard InChI is InChI=1S/C64H77Cl2FN6O14S/c1-42(39-73-21-19-72(4)20-22-73)86-59-57(65)43(2)54(44(3)58(59)66)55-56-62(69-41-70-63(56)88-60(55)45-7-11-48(67)12-8-45)87-53(64(74)75)38-47-37-51(77-6)15-16-52(47)85-40-49-17-18-68-61(71-49)46-9-13-50(14-10-46)84-36-35-83-34-33-82-32-31-81-30-29-80-28-27-79-26-25-78-24-23-76-5/h7-18,37,41-42,53H,19-36,38-40H2,1-6H3,(H,74,75)/t42-,53+/m0/s1. The number of hydrogen-bond acceptors (Lipinski definition) is 20. The van der Waals surface area contributed by atoms with Gasteiger partial charge in [-0.15, -0.1) is 11.3 Å². The van der Waals surface area contributed by atoms with Gasteiger partial charge in [-0.05, 0) is 111 Å². The Bertz CT molecular complexity index is 3280. The van der Waals surface area contributed by atoms with Gasteiger partial charge in [-0.3, -0.25) is 4.90 Å². The molecule has 1 aliphatic heterocycles. The monoisotopic (exact) mass is 1270 g/mol. The number of likely N-dealkylation sites (N-methyl/N-ethyl adjacent to an activating group) is 1. The summed E-state index contributed by atoms with van der Waals surface area (Å²) in [4.78, 5) is 37.7. The van der Waals surface area contributed by atoms with Crippen LogP contribution in [0.3, 0.4) is 0 Å². The van der Waals surface area contributed by atoms with Crippen LogP contribution in [0, 0.1) is 19.7 Å². The highest BCUT2D eigenvalue weighted by Crippen LogP contribution is 2.53. The van der Waals surface area contributed by atoms with E-state index in [1.54, 1.807) is 49.7 Å². The highest BCUT2D eigenvalue weighted by atomic mass is 35.5. The number of methoxy groups -OCH3 is 2. The van der Waals surface area contributed by atoms with E-state index in [9.17, 15) is 14.3 Å². The lowest BCUT2D eigenvalue weighted by atomic mass is 9.92. The summed E-state index contributed by atoms with van der Waals surface area (Å²) in [6, 6.07) is 20.4. The van der Waals surface area contributed by atoms with Crippen LogP contribution < -0.4 is 23.7 Å². The summed E-state index contributed by atoms with van der Waals surface area (Å²) >= 11 is 15.9. The van der Waals surface area contributed by atoms with Gasteiger partial charge in [0.2, 0.25) is 12.0 Å². The number of carboxylic acids is 1. The number of fused-ring (bicyclic) bond motifs is 1. The molecular weight excluding hydrogens is 1200 g/mol. The predicted octanol–water partition coefficient (Wildman–Crippen LogP) is 10.3. The van der Waals surface area contributed by atoms with E-state index in [1.807, 2.05) is 45.0 Å². The van der Waals surface area contributed by atoms with Crippen LogP contribution in [0.25, 0.3) is 43.2 Å². The zero-order valence-corrected chi connectivity index (χ0v) is 52.9. The number of hydrogen-bond donors (Lipinski definition) is 1. The van der Waals surface area contributed by atoms with Crippen molar-refractivity contribution in [3.8, 4) is 61.8 Å². The minimum Gasteiger partial charge on any atom is -0.497 e. The van der Waals surface area contributed by atoms with Gasteiger partial charge < -0.3 is 66.8 Å². The second kappa shape index (κ2) is 35.1. The minimum absolute atomic E-state index is 0.00124. The maximum atomic E-state index is 14.5. The lowest BCUT2D eigenvalue weighted by molar-refractivity contribution is -0.145. The molecule has 3 aromatic heterocycles. The van der Waals surface area contributed by atoms with E-state index in [2.05, 4.69) is 31.8 Å². The third kappa shape index (κ3) is 19.6. The number of benzene rings is 4. The molecule has 0 spiro atoms. The van der Waals surface area contributed by atoms with Crippen molar-refractivity contribution in [3.05, 3.63) is 124 Å². The van der Waals surface area contributed by atoms with E-state index in [-0.39, 0.29) is 25.0 Å². The molecule has 0 amide bonds. The number of carbonyl (C=O) groups is 1. The van der Waals surface area contributed by atoms with Crippen LogP contribution in [0.15, 0.2) is 85.3 Å². The predicted molar refractivity (Wildman–Crippen MR) is 335 cm³/mol. The van der Waals surface area contributed by atoms with Gasteiger partial charge in [-0.1, -0.05) is 35.3 Å². The second-order valence-corrected chi connectivity index (χ2v) is 22.4. The number of halogens is 3. The highest BCUT2D eigenvalue weighted by Gasteiger charge is 2.31. The van der Waals surface area contributed by atoms with E-state index < -0.39 is 17.9 Å². The number of piperazine rings is 1. The van der Waals surface area contributed by atoms with Crippen molar-refractivity contribution in [1.29, 1.82) is 0 Å². The van der Waals surface area contributed by atoms with E-state index in [0.29, 0.717) is 192 Å². The zero-order chi connectivity index (χ0) is 62.2. The van der Waals surface area contributed by atoms with Gasteiger partial charge in [-0.25, -0.2) is 29.1 Å². The van der Waals surface area contributed by atoms with Crippen LogP contribution >= 0.6 is 34.5 Å². The van der Waals surface area contributed by atoms with E-state index in [0.717, 1.165) is 31.7 Å². The first-order valence-electron chi connectivity index (χ1n) is 29.1. The molecule has 0 unspecified atom stereocenters. The van der Waals surface area contributed by atoms with Gasteiger partial charge in [-0.2, -0.15) is 0 Å². The summed E-state index contributed by atoms with van der Waals surface area (Å²) in [5.74, 6) is 0.672. The SMILES string of the molecule is COCCOCCOCCOCCOCCOCCOCCOc1ccc(-c2nccc(COc3ccc(OC)cc3C[C@@H](Oc3ncnc4sc(-c5ccc(F)cc5)c(-c5c(C)c(Cl)c(O[C@@H](C)CN6CCN(C)CC6)c(Cl)c5C)c34)C(=O)O)n2)cc1. The molecule has 474 valence electrons. The maximum absolute atomic E-state index is 14.5. The molecule has 0 bridgehead atoms. The zero-order valence-electron chi connectivity index (χ0n) is 50.6. The molecule has 4 aromatic carbocycles. The number of thiophene rings is 1. The van der Waals surface area contributed by atoms with Gasteiger partial charge >= 0.3 is 5.97 Å². The van der Waals surface area contributed by atoms with Crippen LogP contribution in [0.5, 0.6) is 28.9 Å². The summed E-state index contributed by atoms with van der Waals surface area (Å²) in [5.41, 5.74) is 5.03. The average Bonchev–Trinajstić information content (AvgIpc) is 2.84. The molecule has 0 aliphatic carbocycles. The lowest BCUT2D eigenvalue weighted by Crippen LogP contribution is -2.47. The second-order valence-electron chi connectivity index (χ2n) is 20.6. The third-order valence-electron chi connectivity index (χ3n) is 14.2. The first kappa shape index (κ1) is 67.5. The fourth-order valence-electron chi connectivity index (χ4n) is 9.61. The molecule has 1 fully saturated rings. The summed E-state index contributed by atoms with van der Waals surface area (Å²) in [6.45, 7) is 16.8. The maximum Gasteiger partial charge on any atom is 0.345 e.